The van der Waals surface area contributed by atoms with E-state index in [0.29, 0.717) is 13.0 Å². The largest absolute Gasteiger partial charge is 0.481 e. The molecule has 1 aliphatic heterocycles. The molecular formula is C15H19NO3. The van der Waals surface area contributed by atoms with Crippen molar-refractivity contribution in [2.45, 2.75) is 38.1 Å². The van der Waals surface area contributed by atoms with Crippen molar-refractivity contribution in [3.63, 3.8) is 0 Å². The van der Waals surface area contributed by atoms with Crippen LogP contribution in [0.15, 0.2) is 30.3 Å². The van der Waals surface area contributed by atoms with Crippen LogP contribution in [0.2, 0.25) is 0 Å². The predicted molar refractivity (Wildman–Crippen MR) is 71.6 cm³/mol. The van der Waals surface area contributed by atoms with E-state index in [4.69, 9.17) is 5.11 Å². The Balaban J connectivity index is 2.25. The number of carbonyl (C=O) groups excluding carboxylic acids is 1. The fourth-order valence-corrected chi connectivity index (χ4v) is 2.58. The number of hydrogen-bond donors (Lipinski definition) is 1. The van der Waals surface area contributed by atoms with Gasteiger partial charge < -0.3 is 10.0 Å². The third-order valence-corrected chi connectivity index (χ3v) is 3.54. The number of aliphatic carboxylic acids is 1. The topological polar surface area (TPSA) is 57.6 Å². The van der Waals surface area contributed by atoms with Gasteiger partial charge in [0, 0.05) is 13.0 Å². The van der Waals surface area contributed by atoms with Gasteiger partial charge in [-0.15, -0.1) is 0 Å². The minimum absolute atomic E-state index is 0.0320. The standard InChI is InChI=1S/C15H19NO3/c17-14-9-5-2-6-10-16(14)13(11-15(18)19)12-7-3-1-4-8-12/h1,3-4,7-8,13H,2,5-6,9-11H2,(H,18,19). The molecule has 0 radical (unpaired) electrons. The molecule has 1 heterocycles. The van der Waals surface area contributed by atoms with Crippen LogP contribution in [0.4, 0.5) is 0 Å². The number of carbonyl (C=O) groups is 2. The highest BCUT2D eigenvalue weighted by Gasteiger charge is 2.27. The quantitative estimate of drug-likeness (QED) is 0.906. The zero-order chi connectivity index (χ0) is 13.7. The van der Waals surface area contributed by atoms with Gasteiger partial charge in [-0.3, -0.25) is 9.59 Å². The predicted octanol–water partition coefficient (Wildman–Crippen LogP) is 2.61. The summed E-state index contributed by atoms with van der Waals surface area (Å²) in [6, 6.07) is 9.10. The van der Waals surface area contributed by atoms with Crippen molar-refractivity contribution in [3.8, 4) is 0 Å². The summed E-state index contributed by atoms with van der Waals surface area (Å²) >= 11 is 0. The minimum Gasteiger partial charge on any atom is -0.481 e. The molecule has 1 atom stereocenters. The fraction of sp³-hybridized carbons (Fsp3) is 0.467. The van der Waals surface area contributed by atoms with Crippen LogP contribution in [0.25, 0.3) is 0 Å². The van der Waals surface area contributed by atoms with Crippen LogP contribution < -0.4 is 0 Å². The van der Waals surface area contributed by atoms with Gasteiger partial charge in [-0.2, -0.15) is 0 Å². The van der Waals surface area contributed by atoms with Crippen LogP contribution >= 0.6 is 0 Å². The van der Waals surface area contributed by atoms with Crippen molar-refractivity contribution in [3.05, 3.63) is 35.9 Å². The van der Waals surface area contributed by atoms with E-state index in [1.807, 2.05) is 30.3 Å². The van der Waals surface area contributed by atoms with Gasteiger partial charge in [0.15, 0.2) is 0 Å². The first-order chi connectivity index (χ1) is 9.18. The van der Waals surface area contributed by atoms with Crippen molar-refractivity contribution in [2.75, 3.05) is 6.54 Å². The molecule has 1 saturated heterocycles. The van der Waals surface area contributed by atoms with Crippen LogP contribution in [0, 0.1) is 0 Å². The van der Waals surface area contributed by atoms with Crippen LogP contribution in [0.3, 0.4) is 0 Å². The number of hydrogen-bond acceptors (Lipinski definition) is 2. The summed E-state index contributed by atoms with van der Waals surface area (Å²) in [4.78, 5) is 25.0. The molecule has 0 aliphatic carbocycles. The summed E-state index contributed by atoms with van der Waals surface area (Å²) in [5.41, 5.74) is 0.903. The minimum atomic E-state index is -0.870. The molecular weight excluding hydrogens is 242 g/mol. The smallest absolute Gasteiger partial charge is 0.305 e. The van der Waals surface area contributed by atoms with Gasteiger partial charge in [0.2, 0.25) is 5.91 Å². The maximum Gasteiger partial charge on any atom is 0.305 e. The molecule has 1 unspecified atom stereocenters. The molecule has 4 nitrogen and oxygen atoms in total. The highest BCUT2D eigenvalue weighted by molar-refractivity contribution is 5.78. The van der Waals surface area contributed by atoms with E-state index in [-0.39, 0.29) is 18.4 Å². The van der Waals surface area contributed by atoms with Gasteiger partial charge in [-0.05, 0) is 18.4 Å². The summed E-state index contributed by atoms with van der Waals surface area (Å²) in [7, 11) is 0. The van der Waals surface area contributed by atoms with Crippen molar-refractivity contribution in [2.24, 2.45) is 0 Å². The lowest BCUT2D eigenvalue weighted by Gasteiger charge is -2.30. The average molecular weight is 261 g/mol. The molecule has 19 heavy (non-hydrogen) atoms. The molecule has 102 valence electrons. The molecule has 0 bridgehead atoms. The highest BCUT2D eigenvalue weighted by atomic mass is 16.4. The Morgan fingerprint density at radius 1 is 1.21 bits per heavy atom. The second kappa shape index (κ2) is 6.36. The molecule has 0 saturated carbocycles. The molecule has 0 spiro atoms. The van der Waals surface area contributed by atoms with E-state index in [2.05, 4.69) is 0 Å². The van der Waals surface area contributed by atoms with Gasteiger partial charge in [-0.25, -0.2) is 0 Å². The maximum absolute atomic E-state index is 12.1. The third-order valence-electron chi connectivity index (χ3n) is 3.54. The number of nitrogens with zero attached hydrogens (tertiary/aromatic N) is 1. The van der Waals surface area contributed by atoms with E-state index in [1.165, 1.54) is 0 Å². The molecule has 1 fully saturated rings. The van der Waals surface area contributed by atoms with E-state index in [1.54, 1.807) is 4.90 Å². The van der Waals surface area contributed by atoms with Gasteiger partial charge in [-0.1, -0.05) is 36.8 Å². The van der Waals surface area contributed by atoms with Gasteiger partial charge in [0.25, 0.3) is 0 Å². The first kappa shape index (κ1) is 13.6. The molecule has 1 amide bonds. The Morgan fingerprint density at radius 2 is 1.95 bits per heavy atom. The van der Waals surface area contributed by atoms with Gasteiger partial charge in [0.1, 0.15) is 0 Å². The summed E-state index contributed by atoms with van der Waals surface area (Å²) in [6.45, 7) is 0.658. The number of rotatable bonds is 4. The molecule has 4 heteroatoms. The Morgan fingerprint density at radius 3 is 2.63 bits per heavy atom. The van der Waals surface area contributed by atoms with Crippen molar-refractivity contribution in [1.82, 2.24) is 4.90 Å². The zero-order valence-corrected chi connectivity index (χ0v) is 10.9. The molecule has 1 aliphatic rings. The maximum atomic E-state index is 12.1. The van der Waals surface area contributed by atoms with Crippen LogP contribution in [-0.2, 0) is 9.59 Å². The van der Waals surface area contributed by atoms with Crippen molar-refractivity contribution >= 4 is 11.9 Å². The van der Waals surface area contributed by atoms with E-state index in [0.717, 1.165) is 24.8 Å². The lowest BCUT2D eigenvalue weighted by atomic mass is 10.0. The molecule has 1 N–H and O–H groups in total. The molecule has 1 aromatic carbocycles. The first-order valence-electron chi connectivity index (χ1n) is 6.74. The normalized spacial score (nSPS) is 17.9. The number of likely N-dealkylation sites (tertiary alicyclic amines) is 1. The first-order valence-corrected chi connectivity index (χ1v) is 6.74. The van der Waals surface area contributed by atoms with E-state index >= 15 is 0 Å². The zero-order valence-electron chi connectivity index (χ0n) is 10.9. The average Bonchev–Trinajstić information content (AvgIpc) is 2.62. The molecule has 0 aromatic heterocycles. The Hall–Kier alpha value is -1.84. The number of amides is 1. The second-order valence-corrected chi connectivity index (χ2v) is 4.92. The number of carboxylic acids is 1. The fourth-order valence-electron chi connectivity index (χ4n) is 2.58. The van der Waals surface area contributed by atoms with Gasteiger partial charge >= 0.3 is 5.97 Å². The Bertz CT molecular complexity index is 444. The third kappa shape index (κ3) is 3.56. The monoisotopic (exact) mass is 261 g/mol. The van der Waals surface area contributed by atoms with E-state index in [9.17, 15) is 9.59 Å². The summed E-state index contributed by atoms with van der Waals surface area (Å²) in [5, 5.41) is 9.09. The van der Waals surface area contributed by atoms with Crippen LogP contribution in [-0.4, -0.2) is 28.4 Å². The Labute approximate surface area is 113 Å². The molecule has 1 aromatic rings. The summed E-state index contributed by atoms with van der Waals surface area (Å²) in [6.07, 6.45) is 3.40. The summed E-state index contributed by atoms with van der Waals surface area (Å²) in [5.74, 6) is -0.793. The lowest BCUT2D eigenvalue weighted by molar-refractivity contribution is -0.140. The number of benzene rings is 1. The lowest BCUT2D eigenvalue weighted by Crippen LogP contribution is -2.35. The summed E-state index contributed by atoms with van der Waals surface area (Å²) < 4.78 is 0. The SMILES string of the molecule is O=C(O)CC(c1ccccc1)N1CCCCCC1=O. The van der Waals surface area contributed by atoms with Crippen LogP contribution in [0.1, 0.15) is 43.7 Å². The number of carboxylic acid groups (broad SMARTS) is 1. The Kier molecular flexibility index (Phi) is 4.55. The highest BCUT2D eigenvalue weighted by Crippen LogP contribution is 2.27. The van der Waals surface area contributed by atoms with Crippen molar-refractivity contribution in [1.29, 1.82) is 0 Å². The second-order valence-electron chi connectivity index (χ2n) is 4.92. The van der Waals surface area contributed by atoms with E-state index < -0.39 is 5.97 Å². The molecule has 2 rings (SSSR count). The van der Waals surface area contributed by atoms with Crippen molar-refractivity contribution < 1.29 is 14.7 Å². The van der Waals surface area contributed by atoms with Crippen LogP contribution in [0.5, 0.6) is 0 Å². The van der Waals surface area contributed by atoms with Gasteiger partial charge in [0.05, 0.1) is 12.5 Å².